The molecular weight excluding hydrogens is 543 g/mol. The Labute approximate surface area is 231 Å². The van der Waals surface area contributed by atoms with Gasteiger partial charge in [0.2, 0.25) is 5.69 Å². The lowest BCUT2D eigenvalue weighted by molar-refractivity contribution is -0.614. The lowest BCUT2D eigenvalue weighted by Gasteiger charge is -2.13. The minimum atomic E-state index is -1.06. The number of nitrogens with zero attached hydrogens (tertiary/aromatic N) is 7. The summed E-state index contributed by atoms with van der Waals surface area (Å²) in [7, 11) is 1.47. The van der Waals surface area contributed by atoms with Gasteiger partial charge in [-0.2, -0.15) is 9.41 Å². The van der Waals surface area contributed by atoms with Crippen LogP contribution < -0.4 is 9.63 Å². The van der Waals surface area contributed by atoms with Crippen molar-refractivity contribution in [3.05, 3.63) is 93.5 Å². The summed E-state index contributed by atoms with van der Waals surface area (Å²) in [4.78, 5) is 20.2. The Kier molecular flexibility index (Phi) is 6.16. The topological polar surface area (TPSA) is 140 Å². The summed E-state index contributed by atoms with van der Waals surface area (Å²) in [6.07, 6.45) is 3.32. The number of halogens is 2. The normalized spacial score (nSPS) is 14.4. The number of aromatic amines is 1. The molecule has 2 aromatic carbocycles. The first-order chi connectivity index (χ1) is 18.8. The quantitative estimate of drug-likeness (QED) is 0.230. The van der Waals surface area contributed by atoms with Crippen molar-refractivity contribution in [1.29, 1.82) is 0 Å². The van der Waals surface area contributed by atoms with E-state index >= 15 is 0 Å². The molecule has 1 amide bonds. The van der Waals surface area contributed by atoms with Crippen molar-refractivity contribution in [2.45, 2.75) is 18.8 Å². The number of tetrazole rings is 1. The van der Waals surface area contributed by atoms with Gasteiger partial charge >= 0.3 is 6.09 Å². The molecule has 2 N–H and O–H groups in total. The zero-order valence-electron chi connectivity index (χ0n) is 20.4. The molecule has 0 fully saturated rings. The van der Waals surface area contributed by atoms with Crippen molar-refractivity contribution < 1.29 is 14.6 Å². The van der Waals surface area contributed by atoms with Crippen molar-refractivity contribution in [2.24, 2.45) is 0 Å². The van der Waals surface area contributed by atoms with Gasteiger partial charge in [0.15, 0.2) is 6.20 Å². The molecule has 0 radical (unpaired) electrons. The fourth-order valence-corrected chi connectivity index (χ4v) is 5.37. The number of anilines is 1. The predicted octanol–water partition coefficient (Wildman–Crippen LogP) is 4.85. The Morgan fingerprint density at radius 3 is 2.69 bits per heavy atom. The molecule has 1 aliphatic rings. The van der Waals surface area contributed by atoms with Gasteiger partial charge < -0.3 is 15.3 Å². The maximum atomic E-state index is 13.4. The molecule has 13 heteroatoms. The summed E-state index contributed by atoms with van der Waals surface area (Å²) < 4.78 is 2.41. The number of aryl methyl sites for hydroxylation is 1. The molecule has 0 bridgehead atoms. The minimum Gasteiger partial charge on any atom is -0.618 e. The number of fused-ring (bicyclic) bond motifs is 1. The van der Waals surface area contributed by atoms with Crippen LogP contribution in [0.3, 0.4) is 0 Å². The van der Waals surface area contributed by atoms with E-state index in [0.717, 1.165) is 26.3 Å². The van der Waals surface area contributed by atoms with Gasteiger partial charge in [-0.15, -0.1) is 5.10 Å². The Balaban J connectivity index is 1.34. The molecule has 5 aromatic rings. The minimum absolute atomic E-state index is 0.270. The largest absolute Gasteiger partial charge is 0.618 e. The number of H-pyrrole nitrogens is 1. The van der Waals surface area contributed by atoms with Crippen LogP contribution >= 0.6 is 23.2 Å². The smallest absolute Gasteiger partial charge is 0.411 e. The van der Waals surface area contributed by atoms with E-state index in [0.29, 0.717) is 57.2 Å². The van der Waals surface area contributed by atoms with Gasteiger partial charge in [-0.05, 0) is 59.7 Å². The molecule has 1 atom stereocenters. The second-order valence-electron chi connectivity index (χ2n) is 9.15. The van der Waals surface area contributed by atoms with Crippen LogP contribution in [0.2, 0.25) is 10.2 Å². The number of aromatic nitrogens is 7. The maximum absolute atomic E-state index is 13.4. The van der Waals surface area contributed by atoms with E-state index in [1.165, 1.54) is 24.3 Å². The standard InChI is InChI=1S/C26H20Cl2N8O3/c1-34(26(37)38)18-6-2-14(3-7-18)22-24(28)31-25(30-22)19-8-4-15-10-16(12-36(39)23(15)19)20-11-17(27)5-9-21(20)35-13-29-32-33-35/h2-3,5-7,9-13,19H,4,8H2,1H3,(H,30,31)(H,37,38). The summed E-state index contributed by atoms with van der Waals surface area (Å²) in [5, 5.41) is 34.9. The third-order valence-electron chi connectivity index (χ3n) is 6.87. The number of pyridine rings is 1. The van der Waals surface area contributed by atoms with E-state index < -0.39 is 6.09 Å². The third-order valence-corrected chi connectivity index (χ3v) is 7.38. The highest BCUT2D eigenvalue weighted by molar-refractivity contribution is 6.32. The zero-order chi connectivity index (χ0) is 27.3. The summed E-state index contributed by atoms with van der Waals surface area (Å²) in [5.41, 5.74) is 5.42. The number of rotatable bonds is 5. The maximum Gasteiger partial charge on any atom is 0.411 e. The van der Waals surface area contributed by atoms with Gasteiger partial charge in [0, 0.05) is 40.0 Å². The number of benzene rings is 2. The van der Waals surface area contributed by atoms with Crippen LogP contribution in [0, 0.1) is 5.21 Å². The number of amides is 1. The van der Waals surface area contributed by atoms with Gasteiger partial charge in [0.1, 0.15) is 28.9 Å². The number of carboxylic acid groups (broad SMARTS) is 1. The van der Waals surface area contributed by atoms with E-state index in [1.807, 2.05) is 6.07 Å². The van der Waals surface area contributed by atoms with E-state index in [-0.39, 0.29) is 5.92 Å². The predicted molar refractivity (Wildman–Crippen MR) is 144 cm³/mol. The molecule has 0 saturated heterocycles. The van der Waals surface area contributed by atoms with Crippen LogP contribution in [0.15, 0.2) is 61.1 Å². The Bertz CT molecular complexity index is 1700. The van der Waals surface area contributed by atoms with Crippen molar-refractivity contribution >= 4 is 35.0 Å². The monoisotopic (exact) mass is 562 g/mol. The van der Waals surface area contributed by atoms with Crippen molar-refractivity contribution in [3.63, 3.8) is 0 Å². The summed E-state index contributed by atoms with van der Waals surface area (Å²) in [6.45, 7) is 0. The number of carbonyl (C=O) groups is 1. The molecule has 0 saturated carbocycles. The lowest BCUT2D eigenvalue weighted by atomic mass is 10.0. The molecule has 3 heterocycles. The summed E-state index contributed by atoms with van der Waals surface area (Å²) >= 11 is 12.8. The van der Waals surface area contributed by atoms with Crippen molar-refractivity contribution in [2.75, 3.05) is 11.9 Å². The molecule has 3 aromatic heterocycles. The van der Waals surface area contributed by atoms with Crippen LogP contribution in [-0.2, 0) is 6.42 Å². The van der Waals surface area contributed by atoms with Gasteiger partial charge in [-0.3, -0.25) is 4.90 Å². The number of imidazole rings is 1. The van der Waals surface area contributed by atoms with Gasteiger partial charge in [0.05, 0.1) is 5.69 Å². The Morgan fingerprint density at radius 1 is 1.18 bits per heavy atom. The molecule has 0 aliphatic heterocycles. The van der Waals surface area contributed by atoms with Crippen molar-refractivity contribution in [1.82, 2.24) is 30.2 Å². The molecule has 1 unspecified atom stereocenters. The van der Waals surface area contributed by atoms with Gasteiger partial charge in [0.25, 0.3) is 0 Å². The van der Waals surface area contributed by atoms with E-state index in [4.69, 9.17) is 28.2 Å². The first-order valence-corrected chi connectivity index (χ1v) is 12.7. The fraction of sp³-hybridized carbons (Fsp3) is 0.154. The van der Waals surface area contributed by atoms with Crippen molar-refractivity contribution in [3.8, 4) is 28.1 Å². The number of hydrogen-bond donors (Lipinski definition) is 2. The third kappa shape index (κ3) is 4.45. The molecular formula is C26H20Cl2N8O3. The fourth-order valence-electron chi connectivity index (χ4n) is 4.95. The average Bonchev–Trinajstić information content (AvgIpc) is 3.68. The van der Waals surface area contributed by atoms with Crippen LogP contribution in [-0.4, -0.2) is 48.4 Å². The molecule has 6 rings (SSSR count). The Morgan fingerprint density at radius 2 is 1.97 bits per heavy atom. The van der Waals surface area contributed by atoms with E-state index in [1.54, 1.807) is 42.5 Å². The Hall–Kier alpha value is -4.48. The second-order valence-corrected chi connectivity index (χ2v) is 9.96. The highest BCUT2D eigenvalue weighted by Gasteiger charge is 2.35. The average molecular weight is 563 g/mol. The molecule has 11 nitrogen and oxygen atoms in total. The van der Waals surface area contributed by atoms with E-state index in [2.05, 4.69) is 20.5 Å². The van der Waals surface area contributed by atoms with Gasteiger partial charge in [-0.25, -0.2) is 9.78 Å². The molecule has 0 spiro atoms. The van der Waals surface area contributed by atoms with Gasteiger partial charge in [-0.1, -0.05) is 35.3 Å². The highest BCUT2D eigenvalue weighted by Crippen LogP contribution is 2.39. The number of nitrogens with one attached hydrogen (secondary N) is 1. The number of hydrogen-bond acceptors (Lipinski definition) is 6. The van der Waals surface area contributed by atoms with Crippen LogP contribution in [0.5, 0.6) is 0 Å². The highest BCUT2D eigenvalue weighted by atomic mass is 35.5. The van der Waals surface area contributed by atoms with Crippen LogP contribution in [0.1, 0.15) is 29.4 Å². The lowest BCUT2D eigenvalue weighted by Crippen LogP contribution is -2.33. The summed E-state index contributed by atoms with van der Waals surface area (Å²) in [6, 6.07) is 14.2. The van der Waals surface area contributed by atoms with Crippen LogP contribution in [0.4, 0.5) is 10.5 Å². The van der Waals surface area contributed by atoms with E-state index in [9.17, 15) is 15.1 Å². The molecule has 1 aliphatic carbocycles. The SMILES string of the molecule is CN(C(=O)O)c1ccc(-c2nc(C3CCc4cc(-c5cc(Cl)ccc5-n5cnnn5)c[n+]([O-])c43)[nH]c2Cl)cc1. The first-order valence-electron chi connectivity index (χ1n) is 11.9. The molecule has 196 valence electrons. The first kappa shape index (κ1) is 24.8. The molecule has 39 heavy (non-hydrogen) atoms. The summed E-state index contributed by atoms with van der Waals surface area (Å²) in [5.74, 6) is 0.323. The zero-order valence-corrected chi connectivity index (χ0v) is 21.9. The second kappa shape index (κ2) is 9.68. The van der Waals surface area contributed by atoms with Crippen LogP contribution in [0.25, 0.3) is 28.1 Å².